The smallest absolute Gasteiger partial charge is 0.255 e. The first-order chi connectivity index (χ1) is 14.5. The fourth-order valence-corrected chi connectivity index (χ4v) is 5.24. The lowest BCUT2D eigenvalue weighted by Crippen LogP contribution is -2.27. The summed E-state index contributed by atoms with van der Waals surface area (Å²) in [6.45, 7) is 2.50. The lowest BCUT2D eigenvalue weighted by atomic mass is 10.2. The van der Waals surface area contributed by atoms with Gasteiger partial charge < -0.3 is 14.6 Å². The number of nitrogens with one attached hydrogen (secondary N) is 1. The van der Waals surface area contributed by atoms with E-state index in [0.29, 0.717) is 30.9 Å². The highest BCUT2D eigenvalue weighted by Crippen LogP contribution is 2.23. The highest BCUT2D eigenvalue weighted by molar-refractivity contribution is 7.89. The van der Waals surface area contributed by atoms with E-state index in [1.807, 2.05) is 30.5 Å². The molecule has 30 heavy (non-hydrogen) atoms. The molecule has 0 spiro atoms. The zero-order valence-corrected chi connectivity index (χ0v) is 17.7. The predicted molar refractivity (Wildman–Crippen MR) is 116 cm³/mol. The van der Waals surface area contributed by atoms with Gasteiger partial charge in [0.1, 0.15) is 0 Å². The van der Waals surface area contributed by atoms with Gasteiger partial charge >= 0.3 is 0 Å². The fraction of sp³-hybridized carbons (Fsp3) is 0.318. The molecule has 2 heterocycles. The van der Waals surface area contributed by atoms with E-state index in [1.54, 1.807) is 19.2 Å². The largest absolute Gasteiger partial charge is 0.383 e. The number of hydrogen-bond acceptors (Lipinski definition) is 4. The van der Waals surface area contributed by atoms with Crippen molar-refractivity contribution in [2.24, 2.45) is 0 Å². The summed E-state index contributed by atoms with van der Waals surface area (Å²) in [6, 6.07) is 13.9. The molecule has 7 nitrogen and oxygen atoms in total. The Labute approximate surface area is 176 Å². The maximum absolute atomic E-state index is 12.6. The minimum absolute atomic E-state index is 0.222. The van der Waals surface area contributed by atoms with E-state index in [0.717, 1.165) is 30.3 Å². The van der Waals surface area contributed by atoms with Crippen LogP contribution in [0.15, 0.2) is 59.6 Å². The molecule has 0 atom stereocenters. The van der Waals surface area contributed by atoms with Crippen molar-refractivity contribution in [1.29, 1.82) is 0 Å². The summed E-state index contributed by atoms with van der Waals surface area (Å²) < 4.78 is 34.0. The van der Waals surface area contributed by atoms with Crippen molar-refractivity contribution in [2.75, 3.05) is 32.1 Å². The molecule has 2 aromatic carbocycles. The predicted octanol–water partition coefficient (Wildman–Crippen LogP) is 3.32. The Hall–Kier alpha value is -2.68. The molecule has 1 aliphatic rings. The number of amides is 1. The van der Waals surface area contributed by atoms with Crippen LogP contribution in [0.25, 0.3) is 10.9 Å². The maximum atomic E-state index is 12.6. The molecule has 1 saturated heterocycles. The minimum Gasteiger partial charge on any atom is -0.383 e. The van der Waals surface area contributed by atoms with E-state index in [4.69, 9.17) is 4.74 Å². The van der Waals surface area contributed by atoms with Gasteiger partial charge in [-0.05, 0) is 61.4 Å². The Morgan fingerprint density at radius 1 is 1.07 bits per heavy atom. The second kappa shape index (κ2) is 8.59. The third-order valence-corrected chi connectivity index (χ3v) is 7.30. The molecule has 1 aliphatic heterocycles. The van der Waals surface area contributed by atoms with Gasteiger partial charge in [0.25, 0.3) is 5.91 Å². The molecule has 3 aromatic rings. The van der Waals surface area contributed by atoms with Gasteiger partial charge in [0.2, 0.25) is 10.0 Å². The Kier molecular flexibility index (Phi) is 5.90. The Balaban J connectivity index is 1.47. The molecule has 8 heteroatoms. The third-order valence-electron chi connectivity index (χ3n) is 5.38. The standard InChI is InChI=1S/C22H25N3O4S/c1-29-15-14-24-13-10-18-16-19(6-9-21(18)24)23-22(26)17-4-7-20(8-5-17)30(27,28)25-11-2-3-12-25/h4-10,13,16H,2-3,11-12,14-15H2,1H3,(H,23,26). The van der Waals surface area contributed by atoms with E-state index in [9.17, 15) is 13.2 Å². The first-order valence-corrected chi connectivity index (χ1v) is 11.4. The average Bonchev–Trinajstić information content (AvgIpc) is 3.43. The number of benzene rings is 2. The molecule has 1 fully saturated rings. The number of hydrogen-bond donors (Lipinski definition) is 1. The monoisotopic (exact) mass is 427 g/mol. The average molecular weight is 428 g/mol. The summed E-state index contributed by atoms with van der Waals surface area (Å²) in [5.41, 5.74) is 2.17. The van der Waals surface area contributed by atoms with Gasteiger partial charge in [-0.3, -0.25) is 4.79 Å². The number of fused-ring (bicyclic) bond motifs is 1. The van der Waals surface area contributed by atoms with Gasteiger partial charge in [-0.15, -0.1) is 0 Å². The molecule has 1 aromatic heterocycles. The molecular formula is C22H25N3O4S. The fourth-order valence-electron chi connectivity index (χ4n) is 3.72. The molecule has 0 saturated carbocycles. The first kappa shape index (κ1) is 20.6. The van der Waals surface area contributed by atoms with Crippen LogP contribution in [-0.4, -0.2) is 50.0 Å². The second-order valence-electron chi connectivity index (χ2n) is 7.37. The molecule has 158 valence electrons. The molecule has 1 N–H and O–H groups in total. The van der Waals surface area contributed by atoms with Crippen molar-refractivity contribution in [3.63, 3.8) is 0 Å². The number of nitrogens with zero attached hydrogens (tertiary/aromatic N) is 2. The number of aromatic nitrogens is 1. The van der Waals surface area contributed by atoms with Gasteiger partial charge in [0.15, 0.2) is 0 Å². The van der Waals surface area contributed by atoms with Crippen molar-refractivity contribution in [1.82, 2.24) is 8.87 Å². The van der Waals surface area contributed by atoms with E-state index in [-0.39, 0.29) is 10.8 Å². The van der Waals surface area contributed by atoms with Crippen molar-refractivity contribution in [3.8, 4) is 0 Å². The molecule has 0 aliphatic carbocycles. The quantitative estimate of drug-likeness (QED) is 0.627. The molecule has 4 rings (SSSR count). The van der Waals surface area contributed by atoms with Crippen LogP contribution in [0.1, 0.15) is 23.2 Å². The van der Waals surface area contributed by atoms with Gasteiger partial charge in [0.05, 0.1) is 11.5 Å². The number of rotatable bonds is 7. The summed E-state index contributed by atoms with van der Waals surface area (Å²) in [5, 5.41) is 3.91. The maximum Gasteiger partial charge on any atom is 0.255 e. The molecule has 0 unspecified atom stereocenters. The van der Waals surface area contributed by atoms with Crippen LogP contribution in [0.2, 0.25) is 0 Å². The molecule has 1 amide bonds. The van der Waals surface area contributed by atoms with E-state index < -0.39 is 10.0 Å². The first-order valence-electron chi connectivity index (χ1n) is 9.98. The van der Waals surface area contributed by atoms with Gasteiger partial charge in [-0.1, -0.05) is 0 Å². The lowest BCUT2D eigenvalue weighted by molar-refractivity contribution is 0.102. The highest BCUT2D eigenvalue weighted by Gasteiger charge is 2.27. The second-order valence-corrected chi connectivity index (χ2v) is 9.30. The van der Waals surface area contributed by atoms with Crippen LogP contribution < -0.4 is 5.32 Å². The van der Waals surface area contributed by atoms with Crippen LogP contribution in [-0.2, 0) is 21.3 Å². The summed E-state index contributed by atoms with van der Waals surface area (Å²) in [6.07, 6.45) is 3.77. The zero-order chi connectivity index (χ0) is 21.1. The number of carbonyl (C=O) groups is 1. The summed E-state index contributed by atoms with van der Waals surface area (Å²) in [7, 11) is -1.80. The summed E-state index contributed by atoms with van der Waals surface area (Å²) >= 11 is 0. The number of anilines is 1. The van der Waals surface area contributed by atoms with Crippen LogP contribution in [0, 0.1) is 0 Å². The Morgan fingerprint density at radius 2 is 1.80 bits per heavy atom. The Morgan fingerprint density at radius 3 is 2.50 bits per heavy atom. The van der Waals surface area contributed by atoms with Crippen LogP contribution >= 0.6 is 0 Å². The van der Waals surface area contributed by atoms with E-state index >= 15 is 0 Å². The third kappa shape index (κ3) is 4.12. The summed E-state index contributed by atoms with van der Waals surface area (Å²) in [5.74, 6) is -0.279. The van der Waals surface area contributed by atoms with Crippen LogP contribution in [0.5, 0.6) is 0 Å². The SMILES string of the molecule is COCCn1ccc2cc(NC(=O)c3ccc(S(=O)(=O)N4CCCC4)cc3)ccc21. The lowest BCUT2D eigenvalue weighted by Gasteiger charge is -2.15. The number of methoxy groups -OCH3 is 1. The summed E-state index contributed by atoms with van der Waals surface area (Å²) in [4.78, 5) is 12.8. The van der Waals surface area contributed by atoms with Crippen molar-refractivity contribution >= 4 is 32.5 Å². The van der Waals surface area contributed by atoms with E-state index in [2.05, 4.69) is 9.88 Å². The normalized spacial score (nSPS) is 15.0. The molecular weight excluding hydrogens is 402 g/mol. The molecule has 0 radical (unpaired) electrons. The number of carbonyl (C=O) groups excluding carboxylic acids is 1. The number of sulfonamides is 1. The highest BCUT2D eigenvalue weighted by atomic mass is 32.2. The van der Waals surface area contributed by atoms with Gasteiger partial charge in [-0.25, -0.2) is 8.42 Å². The van der Waals surface area contributed by atoms with Crippen LogP contribution in [0.4, 0.5) is 5.69 Å². The van der Waals surface area contributed by atoms with Crippen molar-refractivity contribution in [3.05, 3.63) is 60.3 Å². The van der Waals surface area contributed by atoms with Crippen molar-refractivity contribution in [2.45, 2.75) is 24.3 Å². The van der Waals surface area contributed by atoms with Gasteiger partial charge in [0, 0.05) is 55.1 Å². The van der Waals surface area contributed by atoms with Crippen molar-refractivity contribution < 1.29 is 17.9 Å². The topological polar surface area (TPSA) is 80.6 Å². The minimum atomic E-state index is -3.48. The van der Waals surface area contributed by atoms with Crippen LogP contribution in [0.3, 0.4) is 0 Å². The Bertz CT molecular complexity index is 1150. The van der Waals surface area contributed by atoms with E-state index in [1.165, 1.54) is 16.4 Å². The number of ether oxygens (including phenoxy) is 1. The molecule has 0 bridgehead atoms. The zero-order valence-electron chi connectivity index (χ0n) is 16.9. The van der Waals surface area contributed by atoms with Gasteiger partial charge in [-0.2, -0.15) is 4.31 Å².